The van der Waals surface area contributed by atoms with Gasteiger partial charge in [-0.15, -0.1) is 0 Å². The molecule has 2 unspecified atom stereocenters. The average Bonchev–Trinajstić information content (AvgIpc) is 2.67. The maximum absolute atomic E-state index is 13.0. The molecule has 0 bridgehead atoms. The summed E-state index contributed by atoms with van der Waals surface area (Å²) in [6.07, 6.45) is 3.09. The molecule has 1 aromatic carbocycles. The Kier molecular flexibility index (Phi) is 3.44. The third kappa shape index (κ3) is 2.53. The van der Waals surface area contributed by atoms with Gasteiger partial charge in [0.25, 0.3) is 0 Å². The van der Waals surface area contributed by atoms with Crippen LogP contribution in [0.1, 0.15) is 25.3 Å². The molecule has 0 spiro atoms. The highest BCUT2D eigenvalue weighted by Gasteiger charge is 2.23. The summed E-state index contributed by atoms with van der Waals surface area (Å²) in [7, 11) is 0. The Morgan fingerprint density at radius 2 is 2.38 bits per heavy atom. The molecule has 1 aromatic rings. The van der Waals surface area contributed by atoms with Gasteiger partial charge < -0.3 is 10.5 Å². The Morgan fingerprint density at radius 3 is 3.12 bits per heavy atom. The van der Waals surface area contributed by atoms with Crippen LogP contribution in [0.2, 0.25) is 0 Å². The third-order valence-electron chi connectivity index (χ3n) is 3.15. The van der Waals surface area contributed by atoms with E-state index >= 15 is 0 Å². The molecule has 1 aliphatic rings. The van der Waals surface area contributed by atoms with Gasteiger partial charge in [-0.05, 0) is 43.5 Å². The van der Waals surface area contributed by atoms with E-state index < -0.39 is 0 Å². The maximum Gasteiger partial charge on any atom is 0.123 e. The average molecular weight is 223 g/mol. The van der Waals surface area contributed by atoms with Crippen LogP contribution in [0, 0.1) is 11.7 Å². The molecular formula is C13H18FNO. The van der Waals surface area contributed by atoms with E-state index in [1.165, 1.54) is 6.07 Å². The number of nitrogens with two attached hydrogens (primary N) is 1. The van der Waals surface area contributed by atoms with Crippen LogP contribution in [0.3, 0.4) is 0 Å². The molecule has 0 aromatic heterocycles. The molecule has 2 nitrogen and oxygen atoms in total. The molecule has 0 saturated carbocycles. The van der Waals surface area contributed by atoms with Crippen molar-refractivity contribution in [3.05, 3.63) is 29.6 Å². The SMILES string of the molecule is CC(CN)CCC1Cc2cc(F)ccc2O1. The lowest BCUT2D eigenvalue weighted by molar-refractivity contribution is 0.210. The summed E-state index contributed by atoms with van der Waals surface area (Å²) in [6, 6.07) is 4.74. The van der Waals surface area contributed by atoms with E-state index in [1.54, 1.807) is 12.1 Å². The second-order valence-corrected chi connectivity index (χ2v) is 4.61. The minimum Gasteiger partial charge on any atom is -0.490 e. The second kappa shape index (κ2) is 4.83. The van der Waals surface area contributed by atoms with Gasteiger partial charge in [0.2, 0.25) is 0 Å². The number of halogens is 1. The van der Waals surface area contributed by atoms with E-state index in [9.17, 15) is 4.39 Å². The Balaban J connectivity index is 1.90. The van der Waals surface area contributed by atoms with Gasteiger partial charge in [0.1, 0.15) is 17.7 Å². The number of fused-ring (bicyclic) bond motifs is 1. The van der Waals surface area contributed by atoms with E-state index in [1.807, 2.05) is 0 Å². The predicted molar refractivity (Wildman–Crippen MR) is 62.0 cm³/mol. The molecule has 2 N–H and O–H groups in total. The molecule has 0 amide bonds. The summed E-state index contributed by atoms with van der Waals surface area (Å²) in [5.41, 5.74) is 6.56. The maximum atomic E-state index is 13.0. The number of ether oxygens (including phenoxy) is 1. The molecule has 16 heavy (non-hydrogen) atoms. The van der Waals surface area contributed by atoms with Crippen LogP contribution in [-0.2, 0) is 6.42 Å². The summed E-state index contributed by atoms with van der Waals surface area (Å²) in [4.78, 5) is 0. The standard InChI is InChI=1S/C13H18FNO/c1-9(8-15)2-4-12-7-10-6-11(14)3-5-13(10)16-12/h3,5-6,9,12H,2,4,7-8,15H2,1H3. The van der Waals surface area contributed by atoms with Gasteiger partial charge in [0.15, 0.2) is 0 Å². The Morgan fingerprint density at radius 1 is 1.56 bits per heavy atom. The molecule has 0 saturated heterocycles. The summed E-state index contributed by atoms with van der Waals surface area (Å²) < 4.78 is 18.7. The largest absolute Gasteiger partial charge is 0.490 e. The zero-order valence-corrected chi connectivity index (χ0v) is 9.58. The highest BCUT2D eigenvalue weighted by atomic mass is 19.1. The lowest BCUT2D eigenvalue weighted by atomic mass is 10.0. The first-order valence-electron chi connectivity index (χ1n) is 5.84. The first kappa shape index (κ1) is 11.4. The van der Waals surface area contributed by atoms with Crippen LogP contribution in [0.25, 0.3) is 0 Å². The molecule has 0 aliphatic carbocycles. The van der Waals surface area contributed by atoms with Crippen molar-refractivity contribution in [3.63, 3.8) is 0 Å². The molecule has 1 heterocycles. The van der Waals surface area contributed by atoms with Crippen LogP contribution < -0.4 is 10.5 Å². The van der Waals surface area contributed by atoms with Crippen molar-refractivity contribution in [2.75, 3.05) is 6.54 Å². The molecular weight excluding hydrogens is 205 g/mol. The second-order valence-electron chi connectivity index (χ2n) is 4.61. The Bertz CT molecular complexity index is 367. The number of hydrogen-bond donors (Lipinski definition) is 1. The molecule has 1 aliphatic heterocycles. The van der Waals surface area contributed by atoms with Gasteiger partial charge >= 0.3 is 0 Å². The fraction of sp³-hybridized carbons (Fsp3) is 0.538. The van der Waals surface area contributed by atoms with E-state index in [0.717, 1.165) is 30.6 Å². The van der Waals surface area contributed by atoms with E-state index in [0.29, 0.717) is 12.5 Å². The summed E-state index contributed by atoms with van der Waals surface area (Å²) in [5, 5.41) is 0. The number of benzene rings is 1. The minimum absolute atomic E-state index is 0.182. The molecule has 3 heteroatoms. The van der Waals surface area contributed by atoms with Crippen LogP contribution in [0.4, 0.5) is 4.39 Å². The van der Waals surface area contributed by atoms with Crippen LogP contribution in [0.5, 0.6) is 5.75 Å². The monoisotopic (exact) mass is 223 g/mol. The molecule has 0 fully saturated rings. The fourth-order valence-corrected chi connectivity index (χ4v) is 2.04. The predicted octanol–water partition coefficient (Wildman–Crippen LogP) is 2.50. The first-order valence-corrected chi connectivity index (χ1v) is 5.84. The van der Waals surface area contributed by atoms with Crippen molar-refractivity contribution >= 4 is 0 Å². The van der Waals surface area contributed by atoms with Gasteiger partial charge in [0.05, 0.1) is 0 Å². The zero-order valence-electron chi connectivity index (χ0n) is 9.58. The summed E-state index contributed by atoms with van der Waals surface area (Å²) >= 11 is 0. The van der Waals surface area contributed by atoms with Crippen LogP contribution in [-0.4, -0.2) is 12.6 Å². The van der Waals surface area contributed by atoms with E-state index in [-0.39, 0.29) is 11.9 Å². The van der Waals surface area contributed by atoms with Gasteiger partial charge in [-0.1, -0.05) is 6.92 Å². The summed E-state index contributed by atoms with van der Waals surface area (Å²) in [6.45, 7) is 2.86. The lowest BCUT2D eigenvalue weighted by Crippen LogP contribution is -2.17. The topological polar surface area (TPSA) is 35.2 Å². The highest BCUT2D eigenvalue weighted by molar-refractivity contribution is 5.37. The van der Waals surface area contributed by atoms with Gasteiger partial charge in [-0.2, -0.15) is 0 Å². The van der Waals surface area contributed by atoms with Crippen molar-refractivity contribution in [3.8, 4) is 5.75 Å². The van der Waals surface area contributed by atoms with E-state index in [4.69, 9.17) is 10.5 Å². The highest BCUT2D eigenvalue weighted by Crippen LogP contribution is 2.31. The fourth-order valence-electron chi connectivity index (χ4n) is 2.04. The van der Waals surface area contributed by atoms with E-state index in [2.05, 4.69) is 6.92 Å². The van der Waals surface area contributed by atoms with Gasteiger partial charge in [0, 0.05) is 12.0 Å². The smallest absolute Gasteiger partial charge is 0.123 e. The van der Waals surface area contributed by atoms with Crippen molar-refractivity contribution in [2.45, 2.75) is 32.3 Å². The molecule has 2 rings (SSSR count). The third-order valence-corrected chi connectivity index (χ3v) is 3.15. The van der Waals surface area contributed by atoms with Crippen molar-refractivity contribution < 1.29 is 9.13 Å². The van der Waals surface area contributed by atoms with Gasteiger partial charge in [-0.3, -0.25) is 0 Å². The number of hydrogen-bond acceptors (Lipinski definition) is 2. The Hall–Kier alpha value is -1.09. The van der Waals surface area contributed by atoms with Crippen molar-refractivity contribution in [2.24, 2.45) is 11.7 Å². The quantitative estimate of drug-likeness (QED) is 0.851. The lowest BCUT2D eigenvalue weighted by Gasteiger charge is -2.13. The first-order chi connectivity index (χ1) is 7.69. The van der Waals surface area contributed by atoms with Crippen LogP contribution >= 0.6 is 0 Å². The normalized spacial score (nSPS) is 20.3. The zero-order chi connectivity index (χ0) is 11.5. The van der Waals surface area contributed by atoms with Gasteiger partial charge in [-0.25, -0.2) is 4.39 Å². The van der Waals surface area contributed by atoms with Crippen LogP contribution in [0.15, 0.2) is 18.2 Å². The van der Waals surface area contributed by atoms with Crippen molar-refractivity contribution in [1.82, 2.24) is 0 Å². The molecule has 0 radical (unpaired) electrons. The minimum atomic E-state index is -0.182. The molecule has 88 valence electrons. The van der Waals surface area contributed by atoms with Crippen molar-refractivity contribution in [1.29, 1.82) is 0 Å². The number of rotatable bonds is 4. The Labute approximate surface area is 95.6 Å². The molecule has 2 atom stereocenters. The summed E-state index contributed by atoms with van der Waals surface area (Å²) in [5.74, 6) is 1.19.